The first kappa shape index (κ1) is 13.1. The third kappa shape index (κ3) is 3.24. The van der Waals surface area contributed by atoms with Gasteiger partial charge in [-0.05, 0) is 18.2 Å². The second-order valence-corrected chi connectivity index (χ2v) is 3.16. The molecule has 0 atom stereocenters. The standard InChI is InChI=1S/C11H10F3NO2/c1-17-10(16)6-5-7-8(11(12,13)14)3-2-4-9(7)15/h2-6H,15H2,1H3. The van der Waals surface area contributed by atoms with Crippen LogP contribution in [0.25, 0.3) is 6.08 Å². The lowest BCUT2D eigenvalue weighted by Crippen LogP contribution is -2.09. The summed E-state index contributed by atoms with van der Waals surface area (Å²) in [4.78, 5) is 10.8. The summed E-state index contributed by atoms with van der Waals surface area (Å²) in [5, 5.41) is 0. The molecule has 6 heteroatoms. The van der Waals surface area contributed by atoms with E-state index in [1.54, 1.807) is 0 Å². The van der Waals surface area contributed by atoms with Gasteiger partial charge in [-0.25, -0.2) is 4.79 Å². The molecule has 0 fully saturated rings. The van der Waals surface area contributed by atoms with E-state index in [1.807, 2.05) is 0 Å². The van der Waals surface area contributed by atoms with Gasteiger partial charge >= 0.3 is 12.1 Å². The average Bonchev–Trinajstić information content (AvgIpc) is 2.25. The Balaban J connectivity index is 3.22. The number of ether oxygens (including phenoxy) is 1. The van der Waals surface area contributed by atoms with Crippen LogP contribution in [0.15, 0.2) is 24.3 Å². The van der Waals surface area contributed by atoms with Gasteiger partial charge in [-0.1, -0.05) is 6.07 Å². The van der Waals surface area contributed by atoms with E-state index in [0.29, 0.717) is 0 Å². The van der Waals surface area contributed by atoms with E-state index in [0.717, 1.165) is 25.3 Å². The first-order chi connectivity index (χ1) is 7.86. The van der Waals surface area contributed by atoms with Crippen molar-refractivity contribution in [1.82, 2.24) is 0 Å². The molecule has 0 unspecified atom stereocenters. The predicted octanol–water partition coefficient (Wildman–Crippen LogP) is 2.47. The van der Waals surface area contributed by atoms with Crippen LogP contribution in [0.2, 0.25) is 0 Å². The fraction of sp³-hybridized carbons (Fsp3) is 0.182. The normalized spacial score (nSPS) is 11.8. The molecule has 0 amide bonds. The molecule has 17 heavy (non-hydrogen) atoms. The third-order valence-corrected chi connectivity index (χ3v) is 2.03. The molecular formula is C11H10F3NO2. The van der Waals surface area contributed by atoms with Gasteiger partial charge in [0.2, 0.25) is 0 Å². The number of esters is 1. The lowest BCUT2D eigenvalue weighted by atomic mass is 10.0. The van der Waals surface area contributed by atoms with Gasteiger partial charge in [0, 0.05) is 17.3 Å². The molecule has 3 nitrogen and oxygen atoms in total. The highest BCUT2D eigenvalue weighted by atomic mass is 19.4. The molecule has 0 aromatic heterocycles. The lowest BCUT2D eigenvalue weighted by Gasteiger charge is -2.11. The van der Waals surface area contributed by atoms with E-state index < -0.39 is 17.7 Å². The number of nitrogen functional groups attached to an aromatic ring is 1. The maximum atomic E-state index is 12.6. The zero-order chi connectivity index (χ0) is 13.1. The van der Waals surface area contributed by atoms with Gasteiger partial charge in [0.15, 0.2) is 0 Å². The number of carbonyl (C=O) groups excluding carboxylic acids is 1. The first-order valence-corrected chi connectivity index (χ1v) is 4.58. The van der Waals surface area contributed by atoms with Crippen LogP contribution in [0.5, 0.6) is 0 Å². The minimum absolute atomic E-state index is 0.0556. The van der Waals surface area contributed by atoms with Crippen molar-refractivity contribution in [2.75, 3.05) is 12.8 Å². The molecule has 0 bridgehead atoms. The Hall–Kier alpha value is -1.98. The summed E-state index contributed by atoms with van der Waals surface area (Å²) in [7, 11) is 1.13. The molecule has 0 aliphatic heterocycles. The maximum absolute atomic E-state index is 12.6. The minimum atomic E-state index is -4.52. The Morgan fingerprint density at radius 1 is 1.41 bits per heavy atom. The number of alkyl halides is 3. The first-order valence-electron chi connectivity index (χ1n) is 4.58. The van der Waals surface area contributed by atoms with Crippen molar-refractivity contribution in [2.24, 2.45) is 0 Å². The summed E-state index contributed by atoms with van der Waals surface area (Å²) in [5.74, 6) is -0.749. The molecule has 0 saturated carbocycles. The third-order valence-electron chi connectivity index (χ3n) is 2.03. The average molecular weight is 245 g/mol. The SMILES string of the molecule is COC(=O)C=Cc1c(N)cccc1C(F)(F)F. The van der Waals surface area contributed by atoms with Crippen LogP contribution in [-0.4, -0.2) is 13.1 Å². The van der Waals surface area contributed by atoms with Gasteiger partial charge in [-0.15, -0.1) is 0 Å². The monoisotopic (exact) mass is 245 g/mol. The van der Waals surface area contributed by atoms with E-state index in [2.05, 4.69) is 4.74 Å². The summed E-state index contributed by atoms with van der Waals surface area (Å²) in [6.07, 6.45) is -2.64. The van der Waals surface area contributed by atoms with Crippen LogP contribution in [0.1, 0.15) is 11.1 Å². The second kappa shape index (κ2) is 4.90. The molecule has 0 radical (unpaired) electrons. The molecule has 0 aliphatic rings. The number of halogens is 3. The van der Waals surface area contributed by atoms with Crippen molar-refractivity contribution in [3.63, 3.8) is 0 Å². The van der Waals surface area contributed by atoms with Crippen molar-refractivity contribution in [2.45, 2.75) is 6.18 Å². The number of anilines is 1. The van der Waals surface area contributed by atoms with Crippen LogP contribution in [0.4, 0.5) is 18.9 Å². The zero-order valence-corrected chi connectivity index (χ0v) is 8.91. The summed E-state index contributed by atoms with van der Waals surface area (Å²) >= 11 is 0. The van der Waals surface area contributed by atoms with Crippen LogP contribution in [-0.2, 0) is 15.7 Å². The topological polar surface area (TPSA) is 52.3 Å². The molecular weight excluding hydrogens is 235 g/mol. The lowest BCUT2D eigenvalue weighted by molar-refractivity contribution is -0.138. The van der Waals surface area contributed by atoms with E-state index in [4.69, 9.17) is 5.73 Å². The Morgan fingerprint density at radius 2 is 2.06 bits per heavy atom. The van der Waals surface area contributed by atoms with Crippen molar-refractivity contribution >= 4 is 17.7 Å². The molecule has 0 aliphatic carbocycles. The Labute approximate surface area is 95.7 Å². The molecule has 1 rings (SSSR count). The highest BCUT2D eigenvalue weighted by molar-refractivity contribution is 5.88. The van der Waals surface area contributed by atoms with E-state index in [9.17, 15) is 18.0 Å². The Kier molecular flexibility index (Phi) is 3.77. The van der Waals surface area contributed by atoms with Crippen molar-refractivity contribution < 1.29 is 22.7 Å². The number of rotatable bonds is 2. The highest BCUT2D eigenvalue weighted by Gasteiger charge is 2.33. The van der Waals surface area contributed by atoms with Crippen molar-refractivity contribution in [3.05, 3.63) is 35.4 Å². The molecule has 0 saturated heterocycles. The summed E-state index contributed by atoms with van der Waals surface area (Å²) < 4.78 is 42.2. The van der Waals surface area contributed by atoms with Gasteiger partial charge in [0.1, 0.15) is 0 Å². The fourth-order valence-corrected chi connectivity index (χ4v) is 1.24. The molecule has 0 spiro atoms. The van der Waals surface area contributed by atoms with E-state index in [1.165, 1.54) is 12.1 Å². The van der Waals surface area contributed by atoms with Gasteiger partial charge < -0.3 is 10.5 Å². The summed E-state index contributed by atoms with van der Waals surface area (Å²) in [6.45, 7) is 0. The van der Waals surface area contributed by atoms with Gasteiger partial charge in [0.25, 0.3) is 0 Å². The van der Waals surface area contributed by atoms with Crippen molar-refractivity contribution in [3.8, 4) is 0 Å². The minimum Gasteiger partial charge on any atom is -0.466 e. The molecule has 0 heterocycles. The number of carbonyl (C=O) groups is 1. The Bertz CT molecular complexity index is 453. The molecule has 1 aromatic rings. The van der Waals surface area contributed by atoms with Crippen LogP contribution in [0, 0.1) is 0 Å². The molecule has 92 valence electrons. The molecule has 1 aromatic carbocycles. The number of hydrogen-bond donors (Lipinski definition) is 1. The van der Waals surface area contributed by atoms with Gasteiger partial charge in [0.05, 0.1) is 12.7 Å². The van der Waals surface area contributed by atoms with E-state index in [-0.39, 0.29) is 11.3 Å². The number of nitrogens with two attached hydrogens (primary N) is 1. The highest BCUT2D eigenvalue weighted by Crippen LogP contribution is 2.34. The molecule has 2 N–H and O–H groups in total. The Morgan fingerprint density at radius 3 is 2.59 bits per heavy atom. The second-order valence-electron chi connectivity index (χ2n) is 3.16. The number of methoxy groups -OCH3 is 1. The summed E-state index contributed by atoms with van der Waals surface area (Å²) in [5.41, 5.74) is 4.25. The van der Waals surface area contributed by atoms with Gasteiger partial charge in [-0.3, -0.25) is 0 Å². The van der Waals surface area contributed by atoms with Crippen LogP contribution in [0.3, 0.4) is 0 Å². The van der Waals surface area contributed by atoms with Crippen LogP contribution >= 0.6 is 0 Å². The predicted molar refractivity (Wildman–Crippen MR) is 56.9 cm³/mol. The largest absolute Gasteiger partial charge is 0.466 e. The van der Waals surface area contributed by atoms with E-state index >= 15 is 0 Å². The number of hydrogen-bond acceptors (Lipinski definition) is 3. The quantitative estimate of drug-likeness (QED) is 0.494. The summed E-state index contributed by atoms with van der Waals surface area (Å²) in [6, 6.07) is 3.42. The smallest absolute Gasteiger partial charge is 0.417 e. The zero-order valence-electron chi connectivity index (χ0n) is 8.91. The fourth-order valence-electron chi connectivity index (χ4n) is 1.24. The van der Waals surface area contributed by atoms with Gasteiger partial charge in [-0.2, -0.15) is 13.2 Å². The maximum Gasteiger partial charge on any atom is 0.417 e. The number of benzene rings is 1. The van der Waals surface area contributed by atoms with Crippen molar-refractivity contribution in [1.29, 1.82) is 0 Å². The van der Waals surface area contributed by atoms with Crippen LogP contribution < -0.4 is 5.73 Å².